The lowest BCUT2D eigenvalue weighted by Crippen LogP contribution is -2.53. The molecule has 0 radical (unpaired) electrons. The Morgan fingerprint density at radius 2 is 1.94 bits per heavy atom. The zero-order valence-corrected chi connectivity index (χ0v) is 20.2. The lowest BCUT2D eigenvalue weighted by atomic mass is 9.92. The maximum atomic E-state index is 13.8. The first-order chi connectivity index (χ1) is 15.2. The van der Waals surface area contributed by atoms with E-state index in [1.54, 1.807) is 18.7 Å². The fourth-order valence-electron chi connectivity index (χ4n) is 4.96. The lowest BCUT2D eigenvalue weighted by molar-refractivity contribution is -0.132. The van der Waals surface area contributed by atoms with Crippen LogP contribution in [0.25, 0.3) is 0 Å². The van der Waals surface area contributed by atoms with Crippen LogP contribution in [0.2, 0.25) is 0 Å². The Hall–Kier alpha value is -2.55. The highest BCUT2D eigenvalue weighted by molar-refractivity contribution is 6.05. The zero-order valence-electron chi connectivity index (χ0n) is 20.2. The molecule has 0 unspecified atom stereocenters. The van der Waals surface area contributed by atoms with Gasteiger partial charge in [0.15, 0.2) is 5.60 Å². The minimum absolute atomic E-state index is 0.0360. The van der Waals surface area contributed by atoms with Crippen LogP contribution in [0.5, 0.6) is 5.75 Å². The zero-order chi connectivity index (χ0) is 23.5. The second-order valence-corrected chi connectivity index (χ2v) is 9.92. The van der Waals surface area contributed by atoms with Crippen LogP contribution in [-0.4, -0.2) is 40.9 Å². The van der Waals surface area contributed by atoms with Crippen molar-refractivity contribution in [3.63, 3.8) is 0 Å². The molecule has 2 aliphatic rings. The van der Waals surface area contributed by atoms with E-state index in [9.17, 15) is 9.59 Å². The average Bonchev–Trinajstić information content (AvgIpc) is 2.73. The molecular formula is C26H37N3O3. The summed E-state index contributed by atoms with van der Waals surface area (Å²) >= 11 is 0. The van der Waals surface area contributed by atoms with Gasteiger partial charge in [-0.3, -0.25) is 9.59 Å². The molecule has 2 amide bonds. The number of nitrogens with zero attached hydrogens (tertiary/aromatic N) is 3. The molecule has 0 N–H and O–H groups in total. The summed E-state index contributed by atoms with van der Waals surface area (Å²) in [6.07, 6.45) is 7.60. The van der Waals surface area contributed by atoms with Gasteiger partial charge in [-0.2, -0.15) is 5.26 Å². The molecule has 1 aromatic rings. The predicted molar refractivity (Wildman–Crippen MR) is 126 cm³/mol. The van der Waals surface area contributed by atoms with Gasteiger partial charge in [0.2, 0.25) is 0 Å². The smallest absolute Gasteiger partial charge is 0.270 e. The molecule has 6 heteroatoms. The number of anilines is 1. The van der Waals surface area contributed by atoms with Crippen molar-refractivity contribution in [2.75, 3.05) is 11.4 Å². The van der Waals surface area contributed by atoms with E-state index in [0.29, 0.717) is 30.0 Å². The fraction of sp³-hybridized carbons (Fsp3) is 0.654. The first-order valence-electron chi connectivity index (χ1n) is 12.0. The number of amides is 2. The molecule has 174 valence electrons. The van der Waals surface area contributed by atoms with E-state index in [1.807, 2.05) is 24.0 Å². The molecule has 1 aliphatic carbocycles. The Kier molecular flexibility index (Phi) is 7.48. The third kappa shape index (κ3) is 4.92. The van der Waals surface area contributed by atoms with Crippen molar-refractivity contribution in [2.45, 2.75) is 104 Å². The molecule has 1 aromatic carbocycles. The van der Waals surface area contributed by atoms with Crippen LogP contribution in [0.4, 0.5) is 5.69 Å². The summed E-state index contributed by atoms with van der Waals surface area (Å²) in [6.45, 7) is 10.2. The highest BCUT2D eigenvalue weighted by atomic mass is 16.5. The molecule has 0 aromatic heterocycles. The molecule has 3 rings (SSSR count). The predicted octanol–water partition coefficient (Wildman–Crippen LogP) is 5.38. The van der Waals surface area contributed by atoms with Gasteiger partial charge in [0.1, 0.15) is 5.75 Å². The van der Waals surface area contributed by atoms with Crippen LogP contribution in [0.1, 0.15) is 95.0 Å². The second kappa shape index (κ2) is 9.94. The van der Waals surface area contributed by atoms with Gasteiger partial charge in [-0.25, -0.2) is 0 Å². The molecule has 1 fully saturated rings. The van der Waals surface area contributed by atoms with E-state index in [2.05, 4.69) is 19.9 Å². The van der Waals surface area contributed by atoms with Crippen molar-refractivity contribution in [1.29, 1.82) is 5.26 Å². The summed E-state index contributed by atoms with van der Waals surface area (Å²) in [5.74, 6) is 0.559. The molecule has 0 spiro atoms. The Labute approximate surface area is 192 Å². The highest BCUT2D eigenvalue weighted by Crippen LogP contribution is 2.40. The molecule has 1 aliphatic heterocycles. The summed E-state index contributed by atoms with van der Waals surface area (Å²) in [4.78, 5) is 30.7. The second-order valence-electron chi connectivity index (χ2n) is 9.92. The van der Waals surface area contributed by atoms with Crippen molar-refractivity contribution < 1.29 is 14.3 Å². The van der Waals surface area contributed by atoms with Gasteiger partial charge in [0.25, 0.3) is 11.8 Å². The van der Waals surface area contributed by atoms with Gasteiger partial charge in [-0.1, -0.05) is 19.3 Å². The summed E-state index contributed by atoms with van der Waals surface area (Å²) in [7, 11) is 0. The third-order valence-electron chi connectivity index (χ3n) is 6.63. The number of rotatable bonds is 7. The summed E-state index contributed by atoms with van der Waals surface area (Å²) < 4.78 is 6.06. The maximum Gasteiger partial charge on any atom is 0.270 e. The molecule has 0 atom stereocenters. The van der Waals surface area contributed by atoms with E-state index in [1.165, 1.54) is 6.42 Å². The maximum absolute atomic E-state index is 13.8. The topological polar surface area (TPSA) is 73.6 Å². The number of hydrogen-bond donors (Lipinski definition) is 0. The van der Waals surface area contributed by atoms with Gasteiger partial charge in [0.05, 0.1) is 11.8 Å². The Morgan fingerprint density at radius 3 is 2.56 bits per heavy atom. The molecule has 1 saturated carbocycles. The summed E-state index contributed by atoms with van der Waals surface area (Å²) in [6, 6.07) is 6.29. The standard InChI is InChI=1S/C26H37N3O3/c1-18(2)29(20-12-8-6-9-13-20)24(30)21-17-22-23(16-19(21)3)32-26(4,5)25(31)28(22)15-11-7-10-14-27/h16-18,20H,6-13,15H2,1-5H3. The number of carbonyl (C=O) groups is 2. The molecule has 32 heavy (non-hydrogen) atoms. The Balaban J connectivity index is 1.97. The molecular weight excluding hydrogens is 402 g/mol. The molecule has 0 saturated heterocycles. The highest BCUT2D eigenvalue weighted by Gasteiger charge is 2.41. The van der Waals surface area contributed by atoms with Crippen LogP contribution in [-0.2, 0) is 4.79 Å². The minimum Gasteiger partial charge on any atom is -0.476 e. The SMILES string of the molecule is Cc1cc2c(cc1C(=O)N(C(C)C)C1CCCCC1)N(CCCCC#N)C(=O)C(C)(C)O2. The van der Waals surface area contributed by atoms with Gasteiger partial charge in [0, 0.05) is 30.6 Å². The number of hydrogen-bond acceptors (Lipinski definition) is 4. The van der Waals surface area contributed by atoms with E-state index in [-0.39, 0.29) is 23.9 Å². The number of fused-ring (bicyclic) bond motifs is 1. The Bertz CT molecular complexity index is 894. The van der Waals surface area contributed by atoms with Crippen LogP contribution in [0.15, 0.2) is 12.1 Å². The first kappa shape index (κ1) is 24.1. The lowest BCUT2D eigenvalue weighted by Gasteiger charge is -2.40. The number of benzene rings is 1. The summed E-state index contributed by atoms with van der Waals surface area (Å²) in [5, 5.41) is 8.84. The quantitative estimate of drug-likeness (QED) is 0.535. The Morgan fingerprint density at radius 1 is 1.25 bits per heavy atom. The fourth-order valence-corrected chi connectivity index (χ4v) is 4.96. The number of ether oxygens (including phenoxy) is 1. The molecule has 1 heterocycles. The van der Waals surface area contributed by atoms with Crippen LogP contribution >= 0.6 is 0 Å². The average molecular weight is 440 g/mol. The van der Waals surface area contributed by atoms with Crippen LogP contribution in [0, 0.1) is 18.3 Å². The number of carbonyl (C=O) groups excluding carboxylic acids is 2. The van der Waals surface area contributed by atoms with Crippen molar-refractivity contribution in [2.24, 2.45) is 0 Å². The van der Waals surface area contributed by atoms with E-state index in [4.69, 9.17) is 10.00 Å². The minimum atomic E-state index is -0.966. The van der Waals surface area contributed by atoms with Crippen molar-refractivity contribution >= 4 is 17.5 Å². The van der Waals surface area contributed by atoms with Crippen LogP contribution < -0.4 is 9.64 Å². The monoisotopic (exact) mass is 439 g/mol. The van der Waals surface area contributed by atoms with E-state index in [0.717, 1.165) is 44.1 Å². The van der Waals surface area contributed by atoms with Gasteiger partial charge < -0.3 is 14.5 Å². The van der Waals surface area contributed by atoms with E-state index >= 15 is 0 Å². The summed E-state index contributed by atoms with van der Waals surface area (Å²) in [5.41, 5.74) is 1.20. The molecule has 6 nitrogen and oxygen atoms in total. The van der Waals surface area contributed by atoms with Gasteiger partial charge in [-0.15, -0.1) is 0 Å². The number of nitriles is 1. The van der Waals surface area contributed by atoms with Gasteiger partial charge in [-0.05, 0) is 78.0 Å². The van der Waals surface area contributed by atoms with Crippen molar-refractivity contribution in [1.82, 2.24) is 4.90 Å². The first-order valence-corrected chi connectivity index (χ1v) is 12.0. The van der Waals surface area contributed by atoms with Crippen molar-refractivity contribution in [3.05, 3.63) is 23.3 Å². The number of unbranched alkanes of at least 4 members (excludes halogenated alkanes) is 2. The van der Waals surface area contributed by atoms with Crippen molar-refractivity contribution in [3.8, 4) is 11.8 Å². The van der Waals surface area contributed by atoms with Gasteiger partial charge >= 0.3 is 0 Å². The largest absolute Gasteiger partial charge is 0.476 e. The number of aryl methyl sites for hydroxylation is 1. The van der Waals surface area contributed by atoms with E-state index < -0.39 is 5.60 Å². The van der Waals surface area contributed by atoms with Crippen LogP contribution in [0.3, 0.4) is 0 Å². The molecule has 0 bridgehead atoms. The third-order valence-corrected chi connectivity index (χ3v) is 6.63. The normalized spacial score (nSPS) is 18.2.